The highest BCUT2D eigenvalue weighted by molar-refractivity contribution is 5.85. The molecule has 3 rings (SSSR count). The Labute approximate surface area is 125 Å². The van der Waals surface area contributed by atoms with Crippen LogP contribution in [0.15, 0.2) is 36.7 Å². The average Bonchev–Trinajstić information content (AvgIpc) is 2.56. The first-order valence-electron chi connectivity index (χ1n) is 7.79. The monoisotopic (exact) mass is 285 g/mol. The van der Waals surface area contributed by atoms with Crippen molar-refractivity contribution in [1.29, 1.82) is 0 Å². The van der Waals surface area contributed by atoms with Crippen LogP contribution in [-0.2, 0) is 4.74 Å². The van der Waals surface area contributed by atoms with Gasteiger partial charge in [-0.3, -0.25) is 16.3 Å². The zero-order valence-electron chi connectivity index (χ0n) is 12.3. The van der Waals surface area contributed by atoms with E-state index in [0.29, 0.717) is 6.10 Å². The molecule has 4 nitrogen and oxygen atoms in total. The number of aromatic nitrogens is 1. The number of hydrogen-bond acceptors (Lipinski definition) is 4. The van der Waals surface area contributed by atoms with E-state index in [4.69, 9.17) is 10.6 Å². The lowest BCUT2D eigenvalue weighted by molar-refractivity contribution is 0.00856. The maximum atomic E-state index is 5.81. The van der Waals surface area contributed by atoms with E-state index in [9.17, 15) is 0 Å². The number of benzene rings is 1. The molecule has 0 spiro atoms. The summed E-state index contributed by atoms with van der Waals surface area (Å²) in [6.07, 6.45) is 9.87. The topological polar surface area (TPSA) is 60.2 Å². The van der Waals surface area contributed by atoms with Crippen molar-refractivity contribution in [2.45, 2.75) is 44.2 Å². The van der Waals surface area contributed by atoms with Gasteiger partial charge in [0.1, 0.15) is 0 Å². The molecule has 1 aromatic carbocycles. The number of nitrogens with one attached hydrogen (secondary N) is 1. The van der Waals surface area contributed by atoms with Crippen LogP contribution in [0.5, 0.6) is 0 Å². The molecular weight excluding hydrogens is 262 g/mol. The van der Waals surface area contributed by atoms with E-state index < -0.39 is 0 Å². The first-order valence-corrected chi connectivity index (χ1v) is 7.79. The van der Waals surface area contributed by atoms with Gasteiger partial charge in [-0.25, -0.2) is 0 Å². The predicted molar refractivity (Wildman–Crippen MR) is 84.6 cm³/mol. The Morgan fingerprint density at radius 3 is 3.00 bits per heavy atom. The minimum atomic E-state index is 0.120. The van der Waals surface area contributed by atoms with Gasteiger partial charge in [0.25, 0.3) is 0 Å². The van der Waals surface area contributed by atoms with E-state index in [2.05, 4.69) is 28.6 Å². The van der Waals surface area contributed by atoms with Crippen molar-refractivity contribution in [2.24, 2.45) is 5.84 Å². The number of hydrogen-bond donors (Lipinski definition) is 2. The normalized spacial score (nSPS) is 20.5. The van der Waals surface area contributed by atoms with Crippen LogP contribution in [0, 0.1) is 0 Å². The molecule has 0 radical (unpaired) electrons. The third-order valence-electron chi connectivity index (χ3n) is 4.33. The van der Waals surface area contributed by atoms with Gasteiger partial charge < -0.3 is 4.74 Å². The van der Waals surface area contributed by atoms with Crippen molar-refractivity contribution in [2.75, 3.05) is 6.61 Å². The van der Waals surface area contributed by atoms with Crippen molar-refractivity contribution < 1.29 is 4.74 Å². The fourth-order valence-corrected chi connectivity index (χ4v) is 3.13. The van der Waals surface area contributed by atoms with Gasteiger partial charge in [0.05, 0.1) is 6.10 Å². The predicted octanol–water partition coefficient (Wildman–Crippen LogP) is 3.09. The maximum Gasteiger partial charge on any atom is 0.0575 e. The van der Waals surface area contributed by atoms with E-state index in [0.717, 1.165) is 24.8 Å². The summed E-state index contributed by atoms with van der Waals surface area (Å²) in [6.45, 7) is 0.904. The molecule has 2 aromatic rings. The number of rotatable bonds is 5. The zero-order chi connectivity index (χ0) is 14.5. The second-order valence-electron chi connectivity index (χ2n) is 5.74. The molecule has 0 saturated carbocycles. The van der Waals surface area contributed by atoms with Gasteiger partial charge in [-0.1, -0.05) is 24.3 Å². The molecule has 2 unspecified atom stereocenters. The molecule has 1 aromatic heterocycles. The third-order valence-corrected chi connectivity index (χ3v) is 4.33. The average molecular weight is 285 g/mol. The number of nitrogens with two attached hydrogens (primary N) is 1. The second kappa shape index (κ2) is 6.98. The molecule has 21 heavy (non-hydrogen) atoms. The minimum Gasteiger partial charge on any atom is -0.378 e. The summed E-state index contributed by atoms with van der Waals surface area (Å²) in [5.74, 6) is 5.79. The fraction of sp³-hybridized carbons (Fsp3) is 0.471. The van der Waals surface area contributed by atoms with Gasteiger partial charge in [0.15, 0.2) is 0 Å². The Hall–Kier alpha value is -1.49. The van der Waals surface area contributed by atoms with Crippen molar-refractivity contribution >= 4 is 10.8 Å². The number of pyridine rings is 1. The van der Waals surface area contributed by atoms with Crippen LogP contribution in [0.2, 0.25) is 0 Å². The van der Waals surface area contributed by atoms with Gasteiger partial charge in [0.2, 0.25) is 0 Å². The van der Waals surface area contributed by atoms with Crippen LogP contribution in [0.4, 0.5) is 0 Å². The molecule has 4 heteroatoms. The smallest absolute Gasteiger partial charge is 0.0575 e. The molecule has 2 atom stereocenters. The van der Waals surface area contributed by atoms with Gasteiger partial charge in [0, 0.05) is 30.4 Å². The summed E-state index contributed by atoms with van der Waals surface area (Å²) in [7, 11) is 0. The van der Waals surface area contributed by atoms with E-state index in [1.54, 1.807) is 0 Å². The number of hydrazine groups is 1. The summed E-state index contributed by atoms with van der Waals surface area (Å²) in [5.41, 5.74) is 4.13. The number of ether oxygens (including phenoxy) is 1. The largest absolute Gasteiger partial charge is 0.378 e. The van der Waals surface area contributed by atoms with Gasteiger partial charge in [-0.15, -0.1) is 0 Å². The molecule has 1 saturated heterocycles. The molecule has 112 valence electrons. The Bertz CT molecular complexity index is 576. The van der Waals surface area contributed by atoms with E-state index in [1.807, 2.05) is 18.5 Å². The fourth-order valence-electron chi connectivity index (χ4n) is 3.13. The highest BCUT2D eigenvalue weighted by atomic mass is 16.5. The molecule has 0 aliphatic carbocycles. The number of nitrogens with zero attached hydrogens (tertiary/aromatic N) is 1. The zero-order valence-corrected chi connectivity index (χ0v) is 12.3. The van der Waals surface area contributed by atoms with Crippen LogP contribution < -0.4 is 11.3 Å². The molecule has 2 heterocycles. The van der Waals surface area contributed by atoms with Crippen molar-refractivity contribution in [3.8, 4) is 0 Å². The standard InChI is InChI=1S/C17H23N3O/c18-20-17(9-8-14-6-3-4-10-21-14)16-12-19-11-13-5-1-2-7-15(13)16/h1-2,5,7,11-12,14,17,20H,3-4,6,8-10,18H2. The Morgan fingerprint density at radius 1 is 1.29 bits per heavy atom. The van der Waals surface area contributed by atoms with Crippen LogP contribution in [0.25, 0.3) is 10.8 Å². The van der Waals surface area contributed by atoms with E-state index >= 15 is 0 Å². The SMILES string of the molecule is NNC(CCC1CCCCO1)c1cncc2ccccc12. The highest BCUT2D eigenvalue weighted by Crippen LogP contribution is 2.27. The molecule has 0 amide bonds. The maximum absolute atomic E-state index is 5.81. The summed E-state index contributed by atoms with van der Waals surface area (Å²) in [6, 6.07) is 8.43. The Morgan fingerprint density at radius 2 is 2.19 bits per heavy atom. The van der Waals surface area contributed by atoms with Crippen LogP contribution in [-0.4, -0.2) is 17.7 Å². The first-order chi connectivity index (χ1) is 10.4. The quantitative estimate of drug-likeness (QED) is 0.654. The van der Waals surface area contributed by atoms with Crippen molar-refractivity contribution in [1.82, 2.24) is 10.4 Å². The third kappa shape index (κ3) is 3.40. The van der Waals surface area contributed by atoms with Crippen LogP contribution in [0.3, 0.4) is 0 Å². The molecular formula is C17H23N3O. The minimum absolute atomic E-state index is 0.120. The lowest BCUT2D eigenvalue weighted by Gasteiger charge is -2.25. The molecule has 1 aliphatic heterocycles. The van der Waals surface area contributed by atoms with Crippen molar-refractivity contribution in [3.63, 3.8) is 0 Å². The Balaban J connectivity index is 1.75. The van der Waals surface area contributed by atoms with Crippen LogP contribution in [0.1, 0.15) is 43.7 Å². The van der Waals surface area contributed by atoms with Gasteiger partial charge in [-0.05, 0) is 43.1 Å². The first kappa shape index (κ1) is 14.4. The molecule has 1 aliphatic rings. The lowest BCUT2D eigenvalue weighted by atomic mass is 9.95. The Kier molecular flexibility index (Phi) is 4.80. The van der Waals surface area contributed by atoms with E-state index in [1.165, 1.54) is 30.2 Å². The summed E-state index contributed by atoms with van der Waals surface area (Å²) < 4.78 is 5.81. The van der Waals surface area contributed by atoms with Crippen molar-refractivity contribution in [3.05, 3.63) is 42.2 Å². The second-order valence-corrected chi connectivity index (χ2v) is 5.74. The summed E-state index contributed by atoms with van der Waals surface area (Å²) in [5, 5.41) is 2.38. The van der Waals surface area contributed by atoms with Crippen LogP contribution >= 0.6 is 0 Å². The summed E-state index contributed by atoms with van der Waals surface area (Å²) in [4.78, 5) is 4.35. The number of fused-ring (bicyclic) bond motifs is 1. The molecule has 0 bridgehead atoms. The lowest BCUT2D eigenvalue weighted by Crippen LogP contribution is -2.30. The van der Waals surface area contributed by atoms with Gasteiger partial charge in [-0.2, -0.15) is 0 Å². The molecule has 1 fully saturated rings. The van der Waals surface area contributed by atoms with Gasteiger partial charge >= 0.3 is 0 Å². The van der Waals surface area contributed by atoms with E-state index in [-0.39, 0.29) is 6.04 Å². The summed E-state index contributed by atoms with van der Waals surface area (Å²) >= 11 is 0. The highest BCUT2D eigenvalue weighted by Gasteiger charge is 2.18. The molecule has 3 N–H and O–H groups in total.